The first-order chi connectivity index (χ1) is 9.81. The van der Waals surface area contributed by atoms with Crippen LogP contribution in [-0.2, 0) is 4.74 Å². The van der Waals surface area contributed by atoms with Crippen LogP contribution in [0.2, 0.25) is 0 Å². The molecule has 0 N–H and O–H groups in total. The molecule has 110 valence electrons. The highest BCUT2D eigenvalue weighted by atomic mass is 16.5. The first-order valence-electron chi connectivity index (χ1n) is 7.91. The molecule has 0 aliphatic carbocycles. The van der Waals surface area contributed by atoms with Gasteiger partial charge in [-0.2, -0.15) is 0 Å². The lowest BCUT2D eigenvalue weighted by Gasteiger charge is -2.35. The van der Waals surface area contributed by atoms with E-state index in [2.05, 4.69) is 20.9 Å². The van der Waals surface area contributed by atoms with E-state index in [0.29, 0.717) is 5.92 Å². The molecule has 0 aromatic carbocycles. The third kappa shape index (κ3) is 3.55. The van der Waals surface area contributed by atoms with Crippen LogP contribution >= 0.6 is 0 Å². The van der Waals surface area contributed by atoms with E-state index < -0.39 is 0 Å². The first kappa shape index (κ1) is 14.0. The fourth-order valence-electron chi connectivity index (χ4n) is 3.43. The zero-order valence-corrected chi connectivity index (χ0v) is 12.4. The molecule has 1 atom stereocenters. The van der Waals surface area contributed by atoms with Gasteiger partial charge >= 0.3 is 0 Å². The third-order valence-electron chi connectivity index (χ3n) is 4.57. The Balaban J connectivity index is 1.49. The Morgan fingerprint density at radius 1 is 1.30 bits per heavy atom. The van der Waals surface area contributed by atoms with Crippen molar-refractivity contribution in [3.63, 3.8) is 0 Å². The maximum Gasteiger partial charge on any atom is 0.125 e. The molecule has 4 heteroatoms. The number of aromatic nitrogens is 2. The highest BCUT2D eigenvalue weighted by Gasteiger charge is 2.24. The van der Waals surface area contributed by atoms with E-state index >= 15 is 0 Å². The summed E-state index contributed by atoms with van der Waals surface area (Å²) in [5.74, 6) is 2.27. The van der Waals surface area contributed by atoms with Gasteiger partial charge in [0.25, 0.3) is 0 Å². The summed E-state index contributed by atoms with van der Waals surface area (Å²) in [5.41, 5.74) is 1.23. The summed E-state index contributed by atoms with van der Waals surface area (Å²) in [7, 11) is 0. The summed E-state index contributed by atoms with van der Waals surface area (Å²) in [6.07, 6.45) is 6.92. The minimum atomic E-state index is 0.621. The van der Waals surface area contributed by atoms with Crippen molar-refractivity contribution in [3.05, 3.63) is 23.8 Å². The second kappa shape index (κ2) is 6.64. The van der Waals surface area contributed by atoms with Crippen LogP contribution in [0.15, 0.2) is 12.3 Å². The SMILES string of the molecule is Cc1nccc(C2CCN(C[C@H]3CCCOC3)CC2)n1. The molecule has 1 aromatic heterocycles. The molecule has 0 radical (unpaired) electrons. The van der Waals surface area contributed by atoms with Crippen LogP contribution in [-0.4, -0.2) is 47.7 Å². The highest BCUT2D eigenvalue weighted by molar-refractivity contribution is 5.09. The molecule has 2 saturated heterocycles. The van der Waals surface area contributed by atoms with Gasteiger partial charge in [-0.15, -0.1) is 0 Å². The van der Waals surface area contributed by atoms with Crippen LogP contribution in [0.3, 0.4) is 0 Å². The van der Waals surface area contributed by atoms with Gasteiger partial charge in [0.15, 0.2) is 0 Å². The summed E-state index contributed by atoms with van der Waals surface area (Å²) >= 11 is 0. The average Bonchev–Trinajstić information content (AvgIpc) is 2.49. The number of hydrogen-bond acceptors (Lipinski definition) is 4. The lowest BCUT2D eigenvalue weighted by Crippen LogP contribution is -2.38. The van der Waals surface area contributed by atoms with E-state index in [1.165, 1.54) is 51.0 Å². The van der Waals surface area contributed by atoms with E-state index in [1.54, 1.807) is 0 Å². The minimum absolute atomic E-state index is 0.621. The number of nitrogens with zero attached hydrogens (tertiary/aromatic N) is 3. The van der Waals surface area contributed by atoms with Gasteiger partial charge in [0.05, 0.1) is 6.61 Å². The number of aryl methyl sites for hydroxylation is 1. The van der Waals surface area contributed by atoms with Crippen LogP contribution in [0.4, 0.5) is 0 Å². The quantitative estimate of drug-likeness (QED) is 0.849. The van der Waals surface area contributed by atoms with Gasteiger partial charge in [-0.1, -0.05) is 0 Å². The lowest BCUT2D eigenvalue weighted by atomic mass is 9.92. The molecule has 3 rings (SSSR count). The predicted octanol–water partition coefficient (Wildman–Crippen LogP) is 2.39. The molecule has 0 bridgehead atoms. The number of rotatable bonds is 3. The number of ether oxygens (including phenoxy) is 1. The monoisotopic (exact) mass is 275 g/mol. The van der Waals surface area contributed by atoms with Gasteiger partial charge in [0, 0.05) is 31.0 Å². The molecule has 2 fully saturated rings. The van der Waals surface area contributed by atoms with Gasteiger partial charge in [-0.05, 0) is 57.7 Å². The van der Waals surface area contributed by atoms with Crippen LogP contribution in [0.25, 0.3) is 0 Å². The average molecular weight is 275 g/mol. The molecule has 0 amide bonds. The Hall–Kier alpha value is -1.00. The fraction of sp³-hybridized carbons (Fsp3) is 0.750. The van der Waals surface area contributed by atoms with Gasteiger partial charge < -0.3 is 9.64 Å². The number of hydrogen-bond donors (Lipinski definition) is 0. The van der Waals surface area contributed by atoms with E-state index in [4.69, 9.17) is 4.74 Å². The molecule has 3 heterocycles. The Kier molecular flexibility index (Phi) is 4.63. The van der Waals surface area contributed by atoms with Crippen molar-refractivity contribution in [3.8, 4) is 0 Å². The predicted molar refractivity (Wildman–Crippen MR) is 78.7 cm³/mol. The van der Waals surface area contributed by atoms with Gasteiger partial charge in [0.2, 0.25) is 0 Å². The molecular formula is C16H25N3O. The number of likely N-dealkylation sites (tertiary alicyclic amines) is 1. The molecule has 0 unspecified atom stereocenters. The van der Waals surface area contributed by atoms with E-state index in [1.807, 2.05) is 13.1 Å². The van der Waals surface area contributed by atoms with Gasteiger partial charge in [-0.3, -0.25) is 0 Å². The summed E-state index contributed by atoms with van der Waals surface area (Å²) in [6.45, 7) is 7.52. The molecular weight excluding hydrogens is 250 g/mol. The Morgan fingerprint density at radius 2 is 2.15 bits per heavy atom. The van der Waals surface area contributed by atoms with Crippen molar-refractivity contribution in [1.82, 2.24) is 14.9 Å². The Bertz CT molecular complexity index is 423. The summed E-state index contributed by atoms with van der Waals surface area (Å²) in [4.78, 5) is 11.4. The number of piperidine rings is 1. The lowest BCUT2D eigenvalue weighted by molar-refractivity contribution is 0.0345. The zero-order chi connectivity index (χ0) is 13.8. The molecule has 2 aliphatic rings. The summed E-state index contributed by atoms with van der Waals surface area (Å²) in [6, 6.07) is 2.09. The van der Waals surface area contributed by atoms with Crippen molar-refractivity contribution < 1.29 is 4.74 Å². The largest absolute Gasteiger partial charge is 0.381 e. The first-order valence-corrected chi connectivity index (χ1v) is 7.91. The van der Waals surface area contributed by atoms with Crippen LogP contribution in [0, 0.1) is 12.8 Å². The van der Waals surface area contributed by atoms with Gasteiger partial charge in [-0.25, -0.2) is 9.97 Å². The van der Waals surface area contributed by atoms with E-state index in [-0.39, 0.29) is 0 Å². The minimum Gasteiger partial charge on any atom is -0.381 e. The topological polar surface area (TPSA) is 38.2 Å². The molecule has 2 aliphatic heterocycles. The van der Waals surface area contributed by atoms with Crippen molar-refractivity contribution in [2.24, 2.45) is 5.92 Å². The van der Waals surface area contributed by atoms with E-state index in [0.717, 1.165) is 25.0 Å². The molecule has 4 nitrogen and oxygen atoms in total. The van der Waals surface area contributed by atoms with Crippen LogP contribution in [0.1, 0.15) is 43.1 Å². The van der Waals surface area contributed by atoms with Crippen LogP contribution < -0.4 is 0 Å². The fourth-order valence-corrected chi connectivity index (χ4v) is 3.43. The zero-order valence-electron chi connectivity index (χ0n) is 12.4. The maximum absolute atomic E-state index is 5.58. The van der Waals surface area contributed by atoms with Crippen molar-refractivity contribution >= 4 is 0 Å². The standard InChI is InChI=1S/C16H25N3O/c1-13-17-7-4-16(18-13)15-5-8-19(9-6-15)11-14-3-2-10-20-12-14/h4,7,14-15H,2-3,5-6,8-12H2,1H3/t14-/m1/s1. The Labute approximate surface area is 121 Å². The highest BCUT2D eigenvalue weighted by Crippen LogP contribution is 2.27. The molecule has 0 spiro atoms. The molecule has 1 aromatic rings. The maximum atomic E-state index is 5.58. The normalized spacial score (nSPS) is 25.8. The third-order valence-corrected chi connectivity index (χ3v) is 4.57. The Morgan fingerprint density at radius 3 is 2.85 bits per heavy atom. The van der Waals surface area contributed by atoms with Crippen LogP contribution in [0.5, 0.6) is 0 Å². The van der Waals surface area contributed by atoms with E-state index in [9.17, 15) is 0 Å². The van der Waals surface area contributed by atoms with Crippen molar-refractivity contribution in [1.29, 1.82) is 0 Å². The summed E-state index contributed by atoms with van der Waals surface area (Å²) < 4.78 is 5.58. The second-order valence-corrected chi connectivity index (χ2v) is 6.19. The summed E-state index contributed by atoms with van der Waals surface area (Å²) in [5, 5.41) is 0. The van der Waals surface area contributed by atoms with Crippen molar-refractivity contribution in [2.75, 3.05) is 32.8 Å². The molecule has 0 saturated carbocycles. The molecule has 20 heavy (non-hydrogen) atoms. The second-order valence-electron chi connectivity index (χ2n) is 6.19. The van der Waals surface area contributed by atoms with Gasteiger partial charge in [0.1, 0.15) is 5.82 Å². The van der Waals surface area contributed by atoms with Crippen molar-refractivity contribution in [2.45, 2.75) is 38.5 Å². The smallest absolute Gasteiger partial charge is 0.125 e.